The number of rotatable bonds is 4. The van der Waals surface area contributed by atoms with Crippen LogP contribution in [0.4, 0.5) is 5.69 Å². The largest absolute Gasteiger partial charge is 0.495 e. The van der Waals surface area contributed by atoms with E-state index < -0.39 is 10.2 Å². The summed E-state index contributed by atoms with van der Waals surface area (Å²) in [6.07, 6.45) is 0. The molecular weight excluding hydrogens is 256 g/mol. The Balaban J connectivity index is 3.23. The highest BCUT2D eigenvalue weighted by molar-refractivity contribution is 7.90. The minimum Gasteiger partial charge on any atom is -0.495 e. The third-order valence-electron chi connectivity index (χ3n) is 1.73. The van der Waals surface area contributed by atoms with E-state index in [-0.39, 0.29) is 16.5 Å². The van der Waals surface area contributed by atoms with E-state index in [1.165, 1.54) is 26.4 Å². The van der Waals surface area contributed by atoms with E-state index in [0.29, 0.717) is 5.75 Å². The normalized spacial score (nSPS) is 11.0. The molecule has 0 aliphatic carbocycles. The molecule has 0 amide bonds. The number of benzene rings is 1. The lowest BCUT2D eigenvalue weighted by Gasteiger charge is -2.12. The van der Waals surface area contributed by atoms with Gasteiger partial charge in [-0.3, -0.25) is 4.72 Å². The van der Waals surface area contributed by atoms with Gasteiger partial charge in [-0.05, 0) is 6.07 Å². The summed E-state index contributed by atoms with van der Waals surface area (Å²) in [6, 6.07) is 2.81. The van der Waals surface area contributed by atoms with Crippen LogP contribution in [0.5, 0.6) is 11.5 Å². The van der Waals surface area contributed by atoms with Gasteiger partial charge in [0.25, 0.3) is 10.2 Å². The van der Waals surface area contributed by atoms with Gasteiger partial charge < -0.3 is 9.47 Å². The molecule has 3 N–H and O–H groups in total. The number of anilines is 1. The highest BCUT2D eigenvalue weighted by Gasteiger charge is 2.12. The number of methoxy groups -OCH3 is 2. The molecule has 0 radical (unpaired) electrons. The quantitative estimate of drug-likeness (QED) is 0.850. The molecule has 8 heteroatoms. The molecule has 0 bridgehead atoms. The second-order valence-corrected chi connectivity index (χ2v) is 4.54. The standard InChI is InChI=1S/C8H11ClN2O4S/c1-14-7-4-8(15-2)6(3-5(7)9)11-16(10,12)13/h3-4,11H,1-2H3,(H2,10,12,13). The van der Waals surface area contributed by atoms with Gasteiger partial charge >= 0.3 is 0 Å². The van der Waals surface area contributed by atoms with Crippen molar-refractivity contribution < 1.29 is 17.9 Å². The number of nitrogens with two attached hydrogens (primary N) is 1. The number of nitrogens with one attached hydrogen (secondary N) is 1. The van der Waals surface area contributed by atoms with E-state index in [4.69, 9.17) is 26.2 Å². The lowest BCUT2D eigenvalue weighted by molar-refractivity contribution is 0.396. The Labute approximate surface area is 98.5 Å². The van der Waals surface area contributed by atoms with Crippen molar-refractivity contribution in [2.75, 3.05) is 18.9 Å². The average molecular weight is 267 g/mol. The minimum absolute atomic E-state index is 0.149. The maximum absolute atomic E-state index is 10.9. The topological polar surface area (TPSA) is 90.7 Å². The van der Waals surface area contributed by atoms with Crippen molar-refractivity contribution in [2.24, 2.45) is 5.14 Å². The van der Waals surface area contributed by atoms with Crippen molar-refractivity contribution in [1.29, 1.82) is 0 Å². The Morgan fingerprint density at radius 3 is 2.25 bits per heavy atom. The SMILES string of the molecule is COc1cc(OC)c(NS(N)(=O)=O)cc1Cl. The summed E-state index contributed by atoms with van der Waals surface area (Å²) in [6.45, 7) is 0. The van der Waals surface area contributed by atoms with E-state index in [9.17, 15) is 8.42 Å². The molecule has 0 spiro atoms. The Morgan fingerprint density at radius 2 is 1.81 bits per heavy atom. The lowest BCUT2D eigenvalue weighted by Crippen LogP contribution is -2.22. The molecule has 1 aromatic rings. The van der Waals surface area contributed by atoms with Gasteiger partial charge in [-0.1, -0.05) is 11.6 Å². The van der Waals surface area contributed by atoms with E-state index in [1.807, 2.05) is 0 Å². The fourth-order valence-electron chi connectivity index (χ4n) is 1.09. The Bertz CT molecular complexity index is 489. The maximum atomic E-state index is 10.9. The molecule has 90 valence electrons. The molecular formula is C8H11ClN2O4S. The summed E-state index contributed by atoms with van der Waals surface area (Å²) in [7, 11) is -1.05. The predicted molar refractivity (Wildman–Crippen MR) is 61.3 cm³/mol. The minimum atomic E-state index is -3.88. The molecule has 0 unspecified atom stereocenters. The smallest absolute Gasteiger partial charge is 0.296 e. The van der Waals surface area contributed by atoms with Crippen molar-refractivity contribution in [3.63, 3.8) is 0 Å². The van der Waals surface area contributed by atoms with Crippen LogP contribution in [0.3, 0.4) is 0 Å². The zero-order valence-corrected chi connectivity index (χ0v) is 10.2. The van der Waals surface area contributed by atoms with Crippen LogP contribution in [0.1, 0.15) is 0 Å². The van der Waals surface area contributed by atoms with Crippen molar-refractivity contribution in [1.82, 2.24) is 0 Å². The first-order chi connectivity index (χ1) is 7.37. The van der Waals surface area contributed by atoms with Crippen LogP contribution < -0.4 is 19.3 Å². The summed E-state index contributed by atoms with van der Waals surface area (Å²) in [5, 5.41) is 5.09. The van der Waals surface area contributed by atoms with Crippen LogP contribution in [0.25, 0.3) is 0 Å². The Hall–Kier alpha value is -1.18. The van der Waals surface area contributed by atoms with Gasteiger partial charge in [0.05, 0.1) is 24.9 Å². The Morgan fingerprint density at radius 1 is 1.25 bits per heavy atom. The summed E-state index contributed by atoms with van der Waals surface area (Å²) in [5.74, 6) is 0.633. The molecule has 0 aliphatic rings. The zero-order chi connectivity index (χ0) is 12.3. The molecule has 0 fully saturated rings. The summed E-state index contributed by atoms with van der Waals surface area (Å²) in [5.41, 5.74) is 0.149. The second kappa shape index (κ2) is 4.77. The molecule has 0 aromatic heterocycles. The van der Waals surface area contributed by atoms with Crippen LogP contribution in [0.15, 0.2) is 12.1 Å². The van der Waals surface area contributed by atoms with Gasteiger partial charge in [0, 0.05) is 6.07 Å². The van der Waals surface area contributed by atoms with Gasteiger partial charge in [-0.25, -0.2) is 5.14 Å². The third kappa shape index (κ3) is 3.16. The first-order valence-corrected chi connectivity index (χ1v) is 6.02. The zero-order valence-electron chi connectivity index (χ0n) is 8.65. The fourth-order valence-corrected chi connectivity index (χ4v) is 1.80. The van der Waals surface area contributed by atoms with Gasteiger partial charge in [0.2, 0.25) is 0 Å². The summed E-state index contributed by atoms with van der Waals surface area (Å²) >= 11 is 5.83. The van der Waals surface area contributed by atoms with Gasteiger partial charge in [-0.2, -0.15) is 8.42 Å². The predicted octanol–water partition coefficient (Wildman–Crippen LogP) is 0.973. The third-order valence-corrected chi connectivity index (χ3v) is 2.53. The first kappa shape index (κ1) is 12.9. The first-order valence-electron chi connectivity index (χ1n) is 4.09. The van der Waals surface area contributed by atoms with Gasteiger partial charge in [-0.15, -0.1) is 0 Å². The summed E-state index contributed by atoms with van der Waals surface area (Å²) < 4.78 is 33.7. The number of halogens is 1. The molecule has 16 heavy (non-hydrogen) atoms. The maximum Gasteiger partial charge on any atom is 0.296 e. The van der Waals surface area contributed by atoms with Gasteiger partial charge in [0.1, 0.15) is 11.5 Å². The van der Waals surface area contributed by atoms with E-state index in [0.717, 1.165) is 0 Å². The monoisotopic (exact) mass is 266 g/mol. The average Bonchev–Trinajstić information content (AvgIpc) is 2.16. The van der Waals surface area contributed by atoms with Gasteiger partial charge in [0.15, 0.2) is 0 Å². The highest BCUT2D eigenvalue weighted by atomic mass is 35.5. The van der Waals surface area contributed by atoms with Crippen molar-refractivity contribution in [3.8, 4) is 11.5 Å². The van der Waals surface area contributed by atoms with Crippen LogP contribution in [-0.4, -0.2) is 22.6 Å². The number of hydrogen-bond donors (Lipinski definition) is 2. The molecule has 0 saturated carbocycles. The Kier molecular flexibility index (Phi) is 3.84. The molecule has 0 heterocycles. The molecule has 1 rings (SSSR count). The highest BCUT2D eigenvalue weighted by Crippen LogP contribution is 2.35. The number of hydrogen-bond acceptors (Lipinski definition) is 4. The van der Waals surface area contributed by atoms with Crippen LogP contribution in [0, 0.1) is 0 Å². The van der Waals surface area contributed by atoms with E-state index in [1.54, 1.807) is 0 Å². The second-order valence-electron chi connectivity index (χ2n) is 2.83. The fraction of sp³-hybridized carbons (Fsp3) is 0.250. The molecule has 0 aliphatic heterocycles. The number of ether oxygens (including phenoxy) is 2. The van der Waals surface area contributed by atoms with Crippen LogP contribution in [0.2, 0.25) is 5.02 Å². The summed E-state index contributed by atoms with van der Waals surface area (Å²) in [4.78, 5) is 0. The van der Waals surface area contributed by atoms with Crippen LogP contribution in [-0.2, 0) is 10.2 Å². The molecule has 1 aromatic carbocycles. The van der Waals surface area contributed by atoms with Crippen molar-refractivity contribution >= 4 is 27.5 Å². The van der Waals surface area contributed by atoms with Crippen molar-refractivity contribution in [2.45, 2.75) is 0 Å². The lowest BCUT2D eigenvalue weighted by atomic mass is 10.3. The van der Waals surface area contributed by atoms with E-state index >= 15 is 0 Å². The molecule has 0 saturated heterocycles. The molecule has 6 nitrogen and oxygen atoms in total. The van der Waals surface area contributed by atoms with Crippen molar-refractivity contribution in [3.05, 3.63) is 17.2 Å². The molecule has 0 atom stereocenters. The van der Waals surface area contributed by atoms with Crippen LogP contribution >= 0.6 is 11.6 Å². The van der Waals surface area contributed by atoms with E-state index in [2.05, 4.69) is 4.72 Å².